The van der Waals surface area contributed by atoms with Gasteiger partial charge in [-0.25, -0.2) is 0 Å². The molecule has 29 heavy (non-hydrogen) atoms. The van der Waals surface area contributed by atoms with Crippen molar-refractivity contribution >= 4 is 6.21 Å². The van der Waals surface area contributed by atoms with Crippen molar-refractivity contribution in [2.75, 3.05) is 13.7 Å². The quantitative estimate of drug-likeness (QED) is 0.584. The maximum Gasteiger partial charge on any atom is 0.190 e. The minimum Gasteiger partial charge on any atom is -0.504 e. The van der Waals surface area contributed by atoms with Gasteiger partial charge < -0.3 is 38.4 Å². The van der Waals surface area contributed by atoms with Crippen LogP contribution in [-0.4, -0.2) is 67.3 Å². The summed E-state index contributed by atoms with van der Waals surface area (Å²) >= 11 is 0. The fourth-order valence-corrected chi connectivity index (χ4v) is 3.85. The molecule has 3 heterocycles. The zero-order valence-corrected chi connectivity index (χ0v) is 17.2. The monoisotopic (exact) mass is 409 g/mol. The SMILES string of the molecule is COc1cccc(/C=N/OC[C@H]2O[C@@H]3OC(C)(C)O[C@@H]3[C@H]3OC(C)(C)O[C@H]32)c1O. The molecule has 3 aliphatic heterocycles. The Labute approximate surface area is 169 Å². The van der Waals surface area contributed by atoms with Crippen molar-refractivity contribution < 1.29 is 38.4 Å². The van der Waals surface area contributed by atoms with Gasteiger partial charge in [-0.05, 0) is 39.8 Å². The molecular weight excluding hydrogens is 382 g/mol. The fourth-order valence-electron chi connectivity index (χ4n) is 3.85. The minimum atomic E-state index is -0.770. The summed E-state index contributed by atoms with van der Waals surface area (Å²) in [4.78, 5) is 5.44. The highest BCUT2D eigenvalue weighted by Gasteiger charge is 2.60. The van der Waals surface area contributed by atoms with E-state index in [1.807, 2.05) is 27.7 Å². The predicted molar refractivity (Wildman–Crippen MR) is 101 cm³/mol. The van der Waals surface area contributed by atoms with Crippen LogP contribution < -0.4 is 4.74 Å². The molecule has 4 rings (SSSR count). The van der Waals surface area contributed by atoms with Gasteiger partial charge in [-0.2, -0.15) is 0 Å². The van der Waals surface area contributed by atoms with E-state index in [1.54, 1.807) is 18.2 Å². The lowest BCUT2D eigenvalue weighted by molar-refractivity contribution is -0.243. The first kappa shape index (κ1) is 20.4. The fraction of sp³-hybridized carbons (Fsp3) is 0.650. The van der Waals surface area contributed by atoms with E-state index in [1.165, 1.54) is 13.3 Å². The second-order valence-electron chi connectivity index (χ2n) is 8.14. The van der Waals surface area contributed by atoms with Crippen molar-refractivity contribution in [3.8, 4) is 11.5 Å². The lowest BCUT2D eigenvalue weighted by atomic mass is 9.99. The number of methoxy groups -OCH3 is 1. The molecule has 9 nitrogen and oxygen atoms in total. The Morgan fingerprint density at radius 1 is 1.03 bits per heavy atom. The van der Waals surface area contributed by atoms with Crippen molar-refractivity contribution in [2.24, 2.45) is 5.16 Å². The van der Waals surface area contributed by atoms with Crippen molar-refractivity contribution in [3.63, 3.8) is 0 Å². The van der Waals surface area contributed by atoms with E-state index in [4.69, 9.17) is 33.3 Å². The first-order chi connectivity index (χ1) is 13.7. The van der Waals surface area contributed by atoms with Gasteiger partial charge in [0, 0.05) is 5.56 Å². The number of hydrogen-bond acceptors (Lipinski definition) is 9. The Kier molecular flexibility index (Phi) is 5.20. The Balaban J connectivity index is 1.43. The number of phenols is 1. The van der Waals surface area contributed by atoms with Gasteiger partial charge in [0.15, 0.2) is 29.4 Å². The number of benzene rings is 1. The van der Waals surface area contributed by atoms with Crippen LogP contribution in [0.3, 0.4) is 0 Å². The third-order valence-corrected chi connectivity index (χ3v) is 5.01. The number of fused-ring (bicyclic) bond motifs is 3. The zero-order valence-electron chi connectivity index (χ0n) is 17.2. The zero-order chi connectivity index (χ0) is 20.8. The van der Waals surface area contributed by atoms with Gasteiger partial charge in [0.05, 0.1) is 13.3 Å². The number of para-hydroxylation sites is 1. The molecule has 0 bridgehead atoms. The molecule has 0 amide bonds. The van der Waals surface area contributed by atoms with Crippen molar-refractivity contribution in [1.29, 1.82) is 0 Å². The van der Waals surface area contributed by atoms with Gasteiger partial charge in [0.2, 0.25) is 0 Å². The second-order valence-corrected chi connectivity index (χ2v) is 8.14. The van der Waals surface area contributed by atoms with E-state index in [0.717, 1.165) is 0 Å². The molecule has 5 atom stereocenters. The van der Waals surface area contributed by atoms with Crippen LogP contribution in [0.2, 0.25) is 0 Å². The highest BCUT2D eigenvalue weighted by Crippen LogP contribution is 2.44. The summed E-state index contributed by atoms with van der Waals surface area (Å²) in [6.45, 7) is 7.49. The van der Waals surface area contributed by atoms with E-state index in [-0.39, 0.29) is 30.7 Å². The van der Waals surface area contributed by atoms with E-state index in [9.17, 15) is 5.11 Å². The summed E-state index contributed by atoms with van der Waals surface area (Å²) in [5, 5.41) is 14.1. The van der Waals surface area contributed by atoms with E-state index in [2.05, 4.69) is 5.16 Å². The van der Waals surface area contributed by atoms with Crippen LogP contribution >= 0.6 is 0 Å². The third kappa shape index (κ3) is 4.06. The molecule has 0 radical (unpaired) electrons. The van der Waals surface area contributed by atoms with Gasteiger partial charge >= 0.3 is 0 Å². The van der Waals surface area contributed by atoms with Crippen molar-refractivity contribution in [1.82, 2.24) is 0 Å². The molecule has 0 saturated carbocycles. The summed E-state index contributed by atoms with van der Waals surface area (Å²) in [7, 11) is 1.48. The lowest BCUT2D eigenvalue weighted by Crippen LogP contribution is -2.56. The molecule has 1 aromatic carbocycles. The average Bonchev–Trinajstić information content (AvgIpc) is 3.14. The summed E-state index contributed by atoms with van der Waals surface area (Å²) in [5.41, 5.74) is 0.475. The van der Waals surface area contributed by atoms with Crippen LogP contribution in [0.1, 0.15) is 33.3 Å². The minimum absolute atomic E-state index is 0.00724. The maximum atomic E-state index is 10.1. The van der Waals surface area contributed by atoms with E-state index < -0.39 is 24.0 Å². The molecule has 160 valence electrons. The number of hydrogen-bond donors (Lipinski definition) is 1. The molecule has 0 unspecified atom stereocenters. The molecule has 1 aromatic rings. The molecule has 0 spiro atoms. The molecule has 1 N–H and O–H groups in total. The Morgan fingerprint density at radius 3 is 2.48 bits per heavy atom. The summed E-state index contributed by atoms with van der Waals surface area (Å²) in [6, 6.07) is 5.11. The normalized spacial score (nSPS) is 34.7. The number of rotatable bonds is 5. The first-order valence-electron chi connectivity index (χ1n) is 9.57. The van der Waals surface area contributed by atoms with Gasteiger partial charge in [0.25, 0.3) is 0 Å². The largest absolute Gasteiger partial charge is 0.504 e. The summed E-state index contributed by atoms with van der Waals surface area (Å²) in [5.74, 6) is -1.18. The van der Waals surface area contributed by atoms with Crippen molar-refractivity contribution in [2.45, 2.75) is 70.0 Å². The highest BCUT2D eigenvalue weighted by molar-refractivity contribution is 5.84. The molecule has 0 aliphatic carbocycles. The third-order valence-electron chi connectivity index (χ3n) is 5.01. The molecule has 3 aliphatic rings. The van der Waals surface area contributed by atoms with Crippen LogP contribution in [0.25, 0.3) is 0 Å². The maximum absolute atomic E-state index is 10.1. The number of nitrogens with zero attached hydrogens (tertiary/aromatic N) is 1. The van der Waals surface area contributed by atoms with E-state index in [0.29, 0.717) is 11.3 Å². The van der Waals surface area contributed by atoms with Crippen LogP contribution in [0.5, 0.6) is 11.5 Å². The number of phenolic OH excluding ortho intramolecular Hbond substituents is 1. The molecule has 0 aromatic heterocycles. The number of oxime groups is 1. The van der Waals surface area contributed by atoms with Gasteiger partial charge in [0.1, 0.15) is 31.0 Å². The second kappa shape index (κ2) is 7.41. The average molecular weight is 409 g/mol. The molecular formula is C20H27NO8. The van der Waals surface area contributed by atoms with Gasteiger partial charge in [-0.15, -0.1) is 0 Å². The Bertz CT molecular complexity index is 780. The topological polar surface area (TPSA) is 97.2 Å². The molecule has 3 fully saturated rings. The van der Waals surface area contributed by atoms with Crippen LogP contribution in [0.4, 0.5) is 0 Å². The van der Waals surface area contributed by atoms with Crippen LogP contribution in [0.15, 0.2) is 23.4 Å². The smallest absolute Gasteiger partial charge is 0.190 e. The van der Waals surface area contributed by atoms with E-state index >= 15 is 0 Å². The predicted octanol–water partition coefficient (Wildman–Crippen LogP) is 2.15. The van der Waals surface area contributed by atoms with Crippen molar-refractivity contribution in [3.05, 3.63) is 23.8 Å². The molecule has 3 saturated heterocycles. The molecule has 9 heteroatoms. The first-order valence-corrected chi connectivity index (χ1v) is 9.57. The van der Waals surface area contributed by atoms with Gasteiger partial charge in [-0.1, -0.05) is 11.2 Å². The standard InChI is InChI=1S/C20H27NO8/c1-19(2)26-15-13(25-18-17(16(15)27-19)28-20(3,4)29-18)10-24-21-9-11-7-6-8-12(23-5)14(11)22/h6-9,13,15-18,22H,10H2,1-5H3/b21-9+/t13-,15+,16+,17-,18-/m1/s1. The highest BCUT2D eigenvalue weighted by atomic mass is 16.9. The summed E-state index contributed by atoms with van der Waals surface area (Å²) in [6.07, 6.45) is -0.741. The lowest BCUT2D eigenvalue weighted by Gasteiger charge is -2.36. The van der Waals surface area contributed by atoms with Crippen LogP contribution in [-0.2, 0) is 28.5 Å². The number of ether oxygens (including phenoxy) is 6. The van der Waals surface area contributed by atoms with Gasteiger partial charge in [-0.3, -0.25) is 0 Å². The summed E-state index contributed by atoms with van der Waals surface area (Å²) < 4.78 is 35.0. The Morgan fingerprint density at radius 2 is 1.72 bits per heavy atom. The Hall–Kier alpha value is -1.91. The van der Waals surface area contributed by atoms with Crippen LogP contribution in [0, 0.1) is 0 Å². The number of aromatic hydroxyl groups is 1.